The molecule has 0 atom stereocenters. The average Bonchev–Trinajstić information content (AvgIpc) is 3.70. The highest BCUT2D eigenvalue weighted by molar-refractivity contribution is 7.86. The Kier molecular flexibility index (Phi) is 14.0. The van der Waals surface area contributed by atoms with Crippen LogP contribution in [0, 0.1) is 18.3 Å². The lowest BCUT2D eigenvalue weighted by Crippen LogP contribution is -2.05. The van der Waals surface area contributed by atoms with Crippen molar-refractivity contribution in [3.8, 4) is 17.3 Å². The molecule has 0 aliphatic rings. The largest absolute Gasteiger partial charge is 0.425 e. The first kappa shape index (κ1) is 48.4. The highest BCUT2D eigenvalue weighted by Crippen LogP contribution is 2.43. The Hall–Kier alpha value is -7.54. The standard InChI is InChI=1S/C43H30N8O9S4.O3S/c1-25-36(24-44)37(20-26-10-16-33(17-11-26)62(52,53)54)46-41(45-31-14-18-34(19-15-31)63(55,56)57)39(25)49-51-43-47-40(30-13-12-27-6-2-3-7-28(27)21-30)42(61-43)50-48-32-22-29-8-4-5-9-35(29)38(23-32)64(58,59)60;1-4(2)3/h2-19,21-23H,20H2,1H3,(H,45,46)(H,52,53,54)(H,55,56,57)(H,58,59,60);. The van der Waals surface area contributed by atoms with Crippen molar-refractivity contribution in [2.45, 2.75) is 28.0 Å². The van der Waals surface area contributed by atoms with Gasteiger partial charge >= 0.3 is 10.6 Å². The van der Waals surface area contributed by atoms with E-state index in [0.29, 0.717) is 38.8 Å². The first-order valence-electron chi connectivity index (χ1n) is 19.1. The summed E-state index contributed by atoms with van der Waals surface area (Å²) < 4.78 is 126. The van der Waals surface area contributed by atoms with Gasteiger partial charge in [-0.25, -0.2) is 9.97 Å². The van der Waals surface area contributed by atoms with Gasteiger partial charge in [0.25, 0.3) is 30.4 Å². The highest BCUT2D eigenvalue weighted by Gasteiger charge is 2.21. The number of azo groups is 2. The number of hydrogen-bond acceptors (Lipinski definition) is 18. The van der Waals surface area contributed by atoms with E-state index >= 15 is 0 Å². The maximum absolute atomic E-state index is 12.4. The Bertz CT molecular complexity index is 3860. The third-order valence-corrected chi connectivity index (χ3v) is 13.3. The van der Waals surface area contributed by atoms with Crippen LogP contribution >= 0.6 is 11.3 Å². The quantitative estimate of drug-likeness (QED) is 0.0653. The topological polar surface area (TPSA) is 325 Å². The van der Waals surface area contributed by atoms with Gasteiger partial charge in [0.2, 0.25) is 5.13 Å². The van der Waals surface area contributed by atoms with Crippen LogP contribution in [0.3, 0.4) is 0 Å². The van der Waals surface area contributed by atoms with E-state index in [1.54, 1.807) is 37.3 Å². The molecule has 0 amide bonds. The van der Waals surface area contributed by atoms with E-state index < -0.39 is 41.0 Å². The third kappa shape index (κ3) is 11.5. The molecular formula is C43H30N8O12S5. The van der Waals surface area contributed by atoms with E-state index in [2.05, 4.69) is 31.8 Å². The zero-order valence-electron chi connectivity index (χ0n) is 34.5. The van der Waals surface area contributed by atoms with Gasteiger partial charge in [-0.3, -0.25) is 13.7 Å². The Balaban J connectivity index is 0.00000165. The SMILES string of the molecule is Cc1c(C#N)c(Cc2ccc(S(=O)(=O)O)cc2)nc(Nc2ccc(S(=O)(=O)O)cc2)c1N=Nc1nc(-c2ccc3ccccc3c2)c(N=Nc2cc(S(=O)(=O)O)c3ccccc3c2)s1.O=S(=O)=O. The highest BCUT2D eigenvalue weighted by atomic mass is 32.2. The minimum Gasteiger partial charge on any atom is -0.338 e. The van der Waals surface area contributed by atoms with Gasteiger partial charge < -0.3 is 5.32 Å². The molecule has 0 saturated heterocycles. The van der Waals surface area contributed by atoms with E-state index in [4.69, 9.17) is 22.6 Å². The lowest BCUT2D eigenvalue weighted by molar-refractivity contribution is 0.481. The van der Waals surface area contributed by atoms with Crippen molar-refractivity contribution >= 4 is 107 Å². The van der Waals surface area contributed by atoms with Crippen LogP contribution in [-0.4, -0.2) is 61.5 Å². The zero-order chi connectivity index (χ0) is 49.0. The molecule has 2 heterocycles. The molecule has 8 aromatic rings. The van der Waals surface area contributed by atoms with Crippen molar-refractivity contribution in [1.29, 1.82) is 5.26 Å². The predicted molar refractivity (Wildman–Crippen MR) is 249 cm³/mol. The Morgan fingerprint density at radius 2 is 1.28 bits per heavy atom. The molecule has 0 bridgehead atoms. The zero-order valence-corrected chi connectivity index (χ0v) is 38.6. The maximum atomic E-state index is 12.4. The molecule has 25 heteroatoms. The Morgan fingerprint density at radius 1 is 0.676 bits per heavy atom. The number of nitriles is 1. The predicted octanol–water partition coefficient (Wildman–Crippen LogP) is 9.59. The van der Waals surface area contributed by atoms with Gasteiger partial charge in [-0.15, -0.1) is 33.1 Å². The molecule has 0 aliphatic carbocycles. The van der Waals surface area contributed by atoms with Crippen LogP contribution in [0.2, 0.25) is 0 Å². The summed E-state index contributed by atoms with van der Waals surface area (Å²) in [7, 11) is -16.7. The number of nitrogens with zero attached hydrogens (tertiary/aromatic N) is 7. The van der Waals surface area contributed by atoms with E-state index in [1.807, 2.05) is 42.5 Å². The van der Waals surface area contributed by atoms with Crippen molar-refractivity contribution in [3.05, 3.63) is 150 Å². The number of hydrogen-bond donors (Lipinski definition) is 4. The van der Waals surface area contributed by atoms with Gasteiger partial charge in [-0.1, -0.05) is 84.1 Å². The van der Waals surface area contributed by atoms with Crippen LogP contribution in [0.4, 0.5) is 33.0 Å². The van der Waals surface area contributed by atoms with Crippen molar-refractivity contribution in [2.24, 2.45) is 20.5 Å². The average molecular weight is 1010 g/mol. The van der Waals surface area contributed by atoms with Crippen molar-refractivity contribution < 1.29 is 51.5 Å². The number of pyridine rings is 1. The number of fused-ring (bicyclic) bond motifs is 2. The van der Waals surface area contributed by atoms with Gasteiger partial charge in [-0.2, -0.15) is 30.5 Å². The normalized spacial score (nSPS) is 12.0. The van der Waals surface area contributed by atoms with Crippen LogP contribution in [0.5, 0.6) is 0 Å². The summed E-state index contributed by atoms with van der Waals surface area (Å²) in [6.45, 7) is 1.62. The minimum atomic E-state index is -4.63. The monoisotopic (exact) mass is 1010 g/mol. The van der Waals surface area contributed by atoms with Crippen LogP contribution in [0.25, 0.3) is 32.8 Å². The van der Waals surface area contributed by atoms with Gasteiger partial charge in [0.05, 0.1) is 26.7 Å². The number of benzene rings is 6. The fraction of sp³-hybridized carbons (Fsp3) is 0.0465. The molecule has 0 aliphatic heterocycles. The lowest BCUT2D eigenvalue weighted by Gasteiger charge is -2.15. The molecule has 68 heavy (non-hydrogen) atoms. The summed E-state index contributed by atoms with van der Waals surface area (Å²) in [6, 6.07) is 35.5. The summed E-state index contributed by atoms with van der Waals surface area (Å²) in [4.78, 5) is 8.47. The molecule has 20 nitrogen and oxygen atoms in total. The molecule has 344 valence electrons. The Morgan fingerprint density at radius 3 is 1.90 bits per heavy atom. The van der Waals surface area contributed by atoms with Crippen LogP contribution in [0.15, 0.2) is 163 Å². The molecule has 0 spiro atoms. The first-order valence-corrected chi connectivity index (χ1v) is 25.3. The second-order valence-corrected chi connectivity index (χ2v) is 19.8. The summed E-state index contributed by atoms with van der Waals surface area (Å²) in [5.41, 5.74) is 2.85. The van der Waals surface area contributed by atoms with E-state index in [9.17, 15) is 44.2 Å². The van der Waals surface area contributed by atoms with E-state index in [-0.39, 0.29) is 59.7 Å². The van der Waals surface area contributed by atoms with Crippen LogP contribution in [-0.2, 0) is 47.4 Å². The maximum Gasteiger partial charge on any atom is 0.425 e. The summed E-state index contributed by atoms with van der Waals surface area (Å²) >= 11 is 1.00. The molecule has 6 aromatic carbocycles. The molecule has 0 radical (unpaired) electrons. The number of anilines is 2. The molecular weight excluding hydrogens is 981 g/mol. The molecule has 8 rings (SSSR count). The smallest absolute Gasteiger partial charge is 0.338 e. The van der Waals surface area contributed by atoms with E-state index in [0.717, 1.165) is 22.1 Å². The first-order chi connectivity index (χ1) is 32.2. The summed E-state index contributed by atoms with van der Waals surface area (Å²) in [6.07, 6.45) is 0.0438. The molecule has 2 aromatic heterocycles. The molecule has 0 unspecified atom stereocenters. The van der Waals surface area contributed by atoms with Gasteiger partial charge in [0, 0.05) is 28.6 Å². The summed E-state index contributed by atoms with van der Waals surface area (Å²) in [5, 5.41) is 34.3. The number of thiazole rings is 1. The number of aromatic nitrogens is 2. The second kappa shape index (κ2) is 19.7. The van der Waals surface area contributed by atoms with Gasteiger partial charge in [-0.05, 0) is 83.2 Å². The van der Waals surface area contributed by atoms with Crippen LogP contribution < -0.4 is 5.32 Å². The Labute approximate surface area is 392 Å². The van der Waals surface area contributed by atoms with E-state index in [1.165, 1.54) is 54.6 Å². The fourth-order valence-corrected chi connectivity index (χ4v) is 9.15. The molecule has 4 N–H and O–H groups in total. The lowest BCUT2D eigenvalue weighted by atomic mass is 10.0. The molecule has 0 saturated carbocycles. The number of nitrogens with one attached hydrogen (secondary N) is 1. The fourth-order valence-electron chi connectivity index (χ4n) is 6.73. The third-order valence-electron chi connectivity index (χ3n) is 9.81. The number of rotatable bonds is 12. The van der Waals surface area contributed by atoms with Crippen molar-refractivity contribution in [2.75, 3.05) is 5.32 Å². The molecule has 0 fully saturated rings. The van der Waals surface area contributed by atoms with Crippen LogP contribution in [0.1, 0.15) is 22.4 Å². The minimum absolute atomic E-state index is 0.0438. The van der Waals surface area contributed by atoms with Crippen molar-refractivity contribution in [1.82, 2.24) is 9.97 Å². The van der Waals surface area contributed by atoms with Gasteiger partial charge in [0.15, 0.2) is 10.8 Å². The van der Waals surface area contributed by atoms with Crippen molar-refractivity contribution in [3.63, 3.8) is 0 Å². The summed E-state index contributed by atoms with van der Waals surface area (Å²) in [5.74, 6) is 0.0848. The second-order valence-electron chi connectivity index (χ2n) is 14.2. The van der Waals surface area contributed by atoms with Gasteiger partial charge in [0.1, 0.15) is 22.3 Å².